The number of unbranched alkanes of at least 4 members (excludes halogenated alkanes) is 2. The summed E-state index contributed by atoms with van der Waals surface area (Å²) < 4.78 is 10.9. The summed E-state index contributed by atoms with van der Waals surface area (Å²) in [4.78, 5) is 0. The third-order valence-corrected chi connectivity index (χ3v) is 2.65. The Bertz CT molecular complexity index is 136. The van der Waals surface area contributed by atoms with Crippen molar-refractivity contribution in [3.8, 4) is 0 Å². The highest BCUT2D eigenvalue weighted by atomic mass is 16.5. The molecule has 0 aromatic carbocycles. The number of nitrogens with zero attached hydrogens (tertiary/aromatic N) is 1. The van der Waals surface area contributed by atoms with Crippen LogP contribution in [0.15, 0.2) is 0 Å². The molecule has 3 heteroatoms. The smallest absolute Gasteiger partial charge is 0.0636 e. The van der Waals surface area contributed by atoms with Gasteiger partial charge in [-0.15, -0.1) is 0 Å². The molecule has 1 heterocycles. The molecule has 1 radical (unpaired) electrons. The van der Waals surface area contributed by atoms with Crippen molar-refractivity contribution in [2.75, 3.05) is 33.0 Å². The lowest BCUT2D eigenvalue weighted by molar-refractivity contribution is 0.0691. The van der Waals surface area contributed by atoms with Gasteiger partial charge in [-0.1, -0.05) is 13.3 Å². The maximum absolute atomic E-state index is 5.50. The number of morpholine rings is 1. The van der Waals surface area contributed by atoms with Gasteiger partial charge in [-0.25, -0.2) is 5.32 Å². The third kappa shape index (κ3) is 6.88. The molecule has 0 amide bonds. The lowest BCUT2D eigenvalue weighted by atomic mass is 10.1. The van der Waals surface area contributed by atoms with Crippen LogP contribution in [0.4, 0.5) is 0 Å². The molecule has 0 aromatic heterocycles. The van der Waals surface area contributed by atoms with Gasteiger partial charge in [0, 0.05) is 25.8 Å². The summed E-state index contributed by atoms with van der Waals surface area (Å²) in [5, 5.41) is 4.51. The topological polar surface area (TPSA) is 32.6 Å². The molecular weight excluding hydrogens is 190 g/mol. The summed E-state index contributed by atoms with van der Waals surface area (Å²) in [5.74, 6) is 0. The van der Waals surface area contributed by atoms with E-state index in [1.54, 1.807) is 0 Å². The minimum absolute atomic E-state index is 0.453. The van der Waals surface area contributed by atoms with Gasteiger partial charge in [-0.2, -0.15) is 0 Å². The molecule has 1 fully saturated rings. The van der Waals surface area contributed by atoms with Crippen molar-refractivity contribution >= 4 is 0 Å². The van der Waals surface area contributed by atoms with E-state index in [0.29, 0.717) is 6.04 Å². The SMILES string of the molecule is CCCCOCCCCC1COCC[N]1. The van der Waals surface area contributed by atoms with E-state index in [-0.39, 0.29) is 0 Å². The lowest BCUT2D eigenvalue weighted by Crippen LogP contribution is -2.35. The van der Waals surface area contributed by atoms with Crippen LogP contribution in [0, 0.1) is 0 Å². The fourth-order valence-electron chi connectivity index (χ4n) is 1.68. The van der Waals surface area contributed by atoms with Crippen molar-refractivity contribution in [2.24, 2.45) is 0 Å². The first-order chi connectivity index (χ1) is 7.43. The highest BCUT2D eigenvalue weighted by molar-refractivity contribution is 4.69. The first kappa shape index (κ1) is 12.9. The monoisotopic (exact) mass is 214 g/mol. The summed E-state index contributed by atoms with van der Waals surface area (Å²) in [6.07, 6.45) is 5.95. The molecule has 1 unspecified atom stereocenters. The first-order valence-corrected chi connectivity index (χ1v) is 6.25. The van der Waals surface area contributed by atoms with Crippen molar-refractivity contribution in [3.63, 3.8) is 0 Å². The standard InChI is InChI=1S/C12H24NO2/c1-2-3-8-14-9-5-4-6-12-11-15-10-7-13-12/h12H,2-11H2,1H3. The minimum atomic E-state index is 0.453. The van der Waals surface area contributed by atoms with E-state index < -0.39 is 0 Å². The van der Waals surface area contributed by atoms with Crippen LogP contribution in [0.5, 0.6) is 0 Å². The summed E-state index contributed by atoms with van der Waals surface area (Å²) in [7, 11) is 0. The van der Waals surface area contributed by atoms with Crippen LogP contribution in [-0.2, 0) is 9.47 Å². The van der Waals surface area contributed by atoms with Gasteiger partial charge >= 0.3 is 0 Å². The lowest BCUT2D eigenvalue weighted by Gasteiger charge is -2.21. The van der Waals surface area contributed by atoms with Crippen molar-refractivity contribution < 1.29 is 9.47 Å². The molecule has 0 aromatic rings. The van der Waals surface area contributed by atoms with E-state index in [9.17, 15) is 0 Å². The van der Waals surface area contributed by atoms with Gasteiger partial charge in [0.25, 0.3) is 0 Å². The Morgan fingerprint density at radius 2 is 2.13 bits per heavy atom. The molecule has 1 aliphatic rings. The average Bonchev–Trinajstić information content (AvgIpc) is 2.29. The maximum atomic E-state index is 5.50. The van der Waals surface area contributed by atoms with Gasteiger partial charge in [0.05, 0.1) is 13.2 Å². The molecule has 89 valence electrons. The molecule has 0 bridgehead atoms. The molecule has 1 aliphatic heterocycles. The molecule has 1 rings (SSSR count). The fraction of sp³-hybridized carbons (Fsp3) is 1.00. The average molecular weight is 214 g/mol. The van der Waals surface area contributed by atoms with Crippen molar-refractivity contribution in [3.05, 3.63) is 0 Å². The number of ether oxygens (including phenoxy) is 2. The molecule has 0 saturated carbocycles. The van der Waals surface area contributed by atoms with Crippen LogP contribution in [0.25, 0.3) is 0 Å². The normalized spacial score (nSPS) is 21.8. The Morgan fingerprint density at radius 3 is 2.87 bits per heavy atom. The van der Waals surface area contributed by atoms with Crippen molar-refractivity contribution in [1.29, 1.82) is 0 Å². The van der Waals surface area contributed by atoms with Crippen LogP contribution in [0.2, 0.25) is 0 Å². The molecule has 15 heavy (non-hydrogen) atoms. The van der Waals surface area contributed by atoms with E-state index in [1.165, 1.54) is 19.3 Å². The maximum Gasteiger partial charge on any atom is 0.0636 e. The molecule has 1 atom stereocenters. The fourth-order valence-corrected chi connectivity index (χ4v) is 1.68. The summed E-state index contributed by atoms with van der Waals surface area (Å²) in [6.45, 7) is 6.56. The quantitative estimate of drug-likeness (QED) is 0.579. The van der Waals surface area contributed by atoms with Crippen molar-refractivity contribution in [1.82, 2.24) is 5.32 Å². The zero-order valence-corrected chi connectivity index (χ0v) is 9.91. The van der Waals surface area contributed by atoms with Gasteiger partial charge in [0.1, 0.15) is 0 Å². The Hall–Kier alpha value is -0.120. The van der Waals surface area contributed by atoms with Crippen LogP contribution in [0.1, 0.15) is 39.0 Å². The van der Waals surface area contributed by atoms with Gasteiger partial charge < -0.3 is 9.47 Å². The molecule has 0 aliphatic carbocycles. The van der Waals surface area contributed by atoms with Gasteiger partial charge in [-0.3, -0.25) is 0 Å². The van der Waals surface area contributed by atoms with E-state index in [0.717, 1.165) is 45.8 Å². The molecule has 0 spiro atoms. The Kier molecular flexibility index (Phi) is 7.88. The first-order valence-electron chi connectivity index (χ1n) is 6.25. The van der Waals surface area contributed by atoms with Crippen LogP contribution in [-0.4, -0.2) is 39.0 Å². The van der Waals surface area contributed by atoms with Gasteiger partial charge in [0.15, 0.2) is 0 Å². The highest BCUT2D eigenvalue weighted by Crippen LogP contribution is 2.06. The summed E-state index contributed by atoms with van der Waals surface area (Å²) >= 11 is 0. The zero-order valence-electron chi connectivity index (χ0n) is 9.91. The predicted molar refractivity (Wildman–Crippen MR) is 61.2 cm³/mol. The second-order valence-electron chi connectivity index (χ2n) is 4.10. The zero-order chi connectivity index (χ0) is 10.8. The van der Waals surface area contributed by atoms with Crippen LogP contribution >= 0.6 is 0 Å². The second-order valence-corrected chi connectivity index (χ2v) is 4.10. The van der Waals surface area contributed by atoms with E-state index in [2.05, 4.69) is 12.2 Å². The number of hydrogen-bond donors (Lipinski definition) is 0. The highest BCUT2D eigenvalue weighted by Gasteiger charge is 2.13. The number of hydrogen-bond acceptors (Lipinski definition) is 2. The summed E-state index contributed by atoms with van der Waals surface area (Å²) in [6, 6.07) is 0.453. The van der Waals surface area contributed by atoms with E-state index in [4.69, 9.17) is 9.47 Å². The largest absolute Gasteiger partial charge is 0.381 e. The van der Waals surface area contributed by atoms with Gasteiger partial charge in [0.2, 0.25) is 0 Å². The van der Waals surface area contributed by atoms with E-state index >= 15 is 0 Å². The molecule has 1 saturated heterocycles. The third-order valence-electron chi connectivity index (χ3n) is 2.65. The van der Waals surface area contributed by atoms with Gasteiger partial charge in [-0.05, 0) is 25.7 Å². The second kappa shape index (κ2) is 9.13. The van der Waals surface area contributed by atoms with Crippen molar-refractivity contribution in [2.45, 2.75) is 45.1 Å². The Balaban J connectivity index is 1.79. The van der Waals surface area contributed by atoms with Crippen LogP contribution < -0.4 is 5.32 Å². The van der Waals surface area contributed by atoms with Crippen LogP contribution in [0.3, 0.4) is 0 Å². The molecule has 0 N–H and O–H groups in total. The molecule has 3 nitrogen and oxygen atoms in total. The number of rotatable bonds is 8. The predicted octanol–water partition coefficient (Wildman–Crippen LogP) is 1.98. The minimum Gasteiger partial charge on any atom is -0.381 e. The molecular formula is C12H24NO2. The Morgan fingerprint density at radius 1 is 1.27 bits per heavy atom. The summed E-state index contributed by atoms with van der Waals surface area (Å²) in [5.41, 5.74) is 0. The van der Waals surface area contributed by atoms with E-state index in [1.807, 2.05) is 0 Å². The Labute approximate surface area is 93.5 Å².